The predicted octanol–water partition coefficient (Wildman–Crippen LogP) is 3.89. The lowest BCUT2D eigenvalue weighted by Gasteiger charge is -2.16. The van der Waals surface area contributed by atoms with Crippen molar-refractivity contribution in [1.82, 2.24) is 10.3 Å². The van der Waals surface area contributed by atoms with Gasteiger partial charge in [-0.1, -0.05) is 44.2 Å². The van der Waals surface area contributed by atoms with E-state index in [4.69, 9.17) is 4.74 Å². The van der Waals surface area contributed by atoms with Crippen LogP contribution in [0, 0.1) is 0 Å². The molecule has 1 heterocycles. The van der Waals surface area contributed by atoms with Crippen molar-refractivity contribution >= 4 is 0 Å². The molecule has 3 nitrogen and oxygen atoms in total. The third kappa shape index (κ3) is 4.57. The molecule has 0 aliphatic heterocycles. The van der Waals surface area contributed by atoms with Gasteiger partial charge in [-0.3, -0.25) is 0 Å². The minimum absolute atomic E-state index is 0.00205. The standard InChI is InChI=1S/C18H24N2O/c1-4-17-11-15(13-19-5-2)12-18(20-17)21-14(3)16-9-7-6-8-10-16/h6-12,14,19H,4-5,13H2,1-3H3. The van der Waals surface area contributed by atoms with Crippen molar-refractivity contribution in [3.05, 3.63) is 59.3 Å². The lowest BCUT2D eigenvalue weighted by molar-refractivity contribution is 0.216. The van der Waals surface area contributed by atoms with Gasteiger partial charge in [0.1, 0.15) is 6.10 Å². The van der Waals surface area contributed by atoms with E-state index in [0.717, 1.165) is 30.8 Å². The first-order valence-corrected chi connectivity index (χ1v) is 7.65. The summed E-state index contributed by atoms with van der Waals surface area (Å²) in [5, 5.41) is 3.34. The maximum atomic E-state index is 6.02. The van der Waals surface area contributed by atoms with Crippen LogP contribution in [0.3, 0.4) is 0 Å². The Kier molecular flexibility index (Phi) is 5.76. The van der Waals surface area contributed by atoms with E-state index in [2.05, 4.69) is 49.3 Å². The molecule has 0 spiro atoms. The summed E-state index contributed by atoms with van der Waals surface area (Å²) in [7, 11) is 0. The predicted molar refractivity (Wildman–Crippen MR) is 86.5 cm³/mol. The molecule has 0 bridgehead atoms. The quantitative estimate of drug-likeness (QED) is 0.837. The first-order chi connectivity index (χ1) is 10.2. The number of nitrogens with zero attached hydrogens (tertiary/aromatic N) is 1. The smallest absolute Gasteiger partial charge is 0.214 e. The van der Waals surface area contributed by atoms with Gasteiger partial charge in [0, 0.05) is 18.3 Å². The van der Waals surface area contributed by atoms with E-state index in [1.165, 1.54) is 5.56 Å². The summed E-state index contributed by atoms with van der Waals surface area (Å²) in [5.74, 6) is 0.707. The highest BCUT2D eigenvalue weighted by atomic mass is 16.5. The lowest BCUT2D eigenvalue weighted by Crippen LogP contribution is -2.13. The highest BCUT2D eigenvalue weighted by Crippen LogP contribution is 2.21. The molecule has 0 amide bonds. The summed E-state index contributed by atoms with van der Waals surface area (Å²) >= 11 is 0. The molecular weight excluding hydrogens is 260 g/mol. The molecule has 21 heavy (non-hydrogen) atoms. The largest absolute Gasteiger partial charge is 0.470 e. The molecule has 0 aliphatic rings. The molecular formula is C18H24N2O. The number of benzene rings is 1. The van der Waals surface area contributed by atoms with Crippen molar-refractivity contribution < 1.29 is 4.74 Å². The topological polar surface area (TPSA) is 34.2 Å². The average molecular weight is 284 g/mol. The van der Waals surface area contributed by atoms with Crippen LogP contribution in [0.4, 0.5) is 0 Å². The Labute approximate surface area is 127 Å². The van der Waals surface area contributed by atoms with Crippen LogP contribution in [-0.2, 0) is 13.0 Å². The number of nitrogens with one attached hydrogen (secondary N) is 1. The highest BCUT2D eigenvalue weighted by Gasteiger charge is 2.09. The molecule has 0 saturated heterocycles. The van der Waals surface area contributed by atoms with Crippen molar-refractivity contribution in [3.8, 4) is 5.88 Å². The van der Waals surface area contributed by atoms with Crippen LogP contribution in [0.5, 0.6) is 5.88 Å². The van der Waals surface area contributed by atoms with Gasteiger partial charge in [0.05, 0.1) is 0 Å². The monoisotopic (exact) mass is 284 g/mol. The molecule has 0 saturated carbocycles. The van der Waals surface area contributed by atoms with Crippen molar-refractivity contribution in [2.45, 2.75) is 39.8 Å². The van der Waals surface area contributed by atoms with Gasteiger partial charge in [-0.25, -0.2) is 4.98 Å². The molecule has 3 heteroatoms. The Morgan fingerprint density at radius 1 is 1.14 bits per heavy atom. The van der Waals surface area contributed by atoms with E-state index in [0.29, 0.717) is 5.88 Å². The number of hydrogen-bond donors (Lipinski definition) is 1. The molecule has 1 N–H and O–H groups in total. The number of aryl methyl sites for hydroxylation is 1. The van der Waals surface area contributed by atoms with Gasteiger partial charge < -0.3 is 10.1 Å². The first kappa shape index (κ1) is 15.5. The fourth-order valence-corrected chi connectivity index (χ4v) is 2.21. The molecule has 1 unspecified atom stereocenters. The summed E-state index contributed by atoms with van der Waals surface area (Å²) in [6, 6.07) is 14.4. The van der Waals surface area contributed by atoms with E-state index in [1.807, 2.05) is 24.3 Å². The van der Waals surface area contributed by atoms with Crippen LogP contribution in [0.1, 0.15) is 43.7 Å². The van der Waals surface area contributed by atoms with E-state index in [9.17, 15) is 0 Å². The molecule has 2 rings (SSSR count). The zero-order valence-corrected chi connectivity index (χ0v) is 13.1. The number of aromatic nitrogens is 1. The second-order valence-corrected chi connectivity index (χ2v) is 5.11. The molecule has 0 fully saturated rings. The summed E-state index contributed by atoms with van der Waals surface area (Å²) in [5.41, 5.74) is 3.45. The van der Waals surface area contributed by atoms with Crippen molar-refractivity contribution in [3.63, 3.8) is 0 Å². The molecule has 0 aliphatic carbocycles. The summed E-state index contributed by atoms with van der Waals surface area (Å²) in [6.07, 6.45) is 0.911. The van der Waals surface area contributed by atoms with Crippen LogP contribution in [0.25, 0.3) is 0 Å². The Morgan fingerprint density at radius 3 is 2.57 bits per heavy atom. The third-order valence-electron chi connectivity index (χ3n) is 3.42. The van der Waals surface area contributed by atoms with Gasteiger partial charge in [-0.05, 0) is 37.1 Å². The molecule has 1 aromatic heterocycles. The average Bonchev–Trinajstić information content (AvgIpc) is 2.53. The molecule has 112 valence electrons. The molecule has 1 atom stereocenters. The van der Waals surface area contributed by atoms with Crippen molar-refractivity contribution in [1.29, 1.82) is 0 Å². The summed E-state index contributed by atoms with van der Waals surface area (Å²) in [4.78, 5) is 4.58. The van der Waals surface area contributed by atoms with Crippen LogP contribution in [0.2, 0.25) is 0 Å². The van der Waals surface area contributed by atoms with Gasteiger partial charge in [0.15, 0.2) is 0 Å². The maximum absolute atomic E-state index is 6.02. The Balaban J connectivity index is 2.14. The van der Waals surface area contributed by atoms with E-state index in [1.54, 1.807) is 0 Å². The van der Waals surface area contributed by atoms with Crippen LogP contribution >= 0.6 is 0 Å². The zero-order valence-electron chi connectivity index (χ0n) is 13.1. The highest BCUT2D eigenvalue weighted by molar-refractivity contribution is 5.26. The van der Waals surface area contributed by atoms with Gasteiger partial charge >= 0.3 is 0 Å². The minimum atomic E-state index is -0.00205. The molecule has 1 aromatic carbocycles. The third-order valence-corrected chi connectivity index (χ3v) is 3.42. The molecule has 0 radical (unpaired) electrons. The van der Waals surface area contributed by atoms with Crippen LogP contribution < -0.4 is 10.1 Å². The Morgan fingerprint density at radius 2 is 1.90 bits per heavy atom. The Hall–Kier alpha value is -1.87. The van der Waals surface area contributed by atoms with Gasteiger partial charge in [-0.15, -0.1) is 0 Å². The minimum Gasteiger partial charge on any atom is -0.470 e. The fraction of sp³-hybridized carbons (Fsp3) is 0.389. The first-order valence-electron chi connectivity index (χ1n) is 7.65. The van der Waals surface area contributed by atoms with Gasteiger partial charge in [0.25, 0.3) is 0 Å². The van der Waals surface area contributed by atoms with E-state index >= 15 is 0 Å². The van der Waals surface area contributed by atoms with Crippen molar-refractivity contribution in [2.75, 3.05) is 6.54 Å². The lowest BCUT2D eigenvalue weighted by atomic mass is 10.1. The second-order valence-electron chi connectivity index (χ2n) is 5.11. The van der Waals surface area contributed by atoms with E-state index < -0.39 is 0 Å². The number of hydrogen-bond acceptors (Lipinski definition) is 3. The summed E-state index contributed by atoms with van der Waals surface area (Å²) in [6.45, 7) is 8.09. The Bertz CT molecular complexity index is 554. The van der Waals surface area contributed by atoms with Crippen molar-refractivity contribution in [2.24, 2.45) is 0 Å². The van der Waals surface area contributed by atoms with E-state index in [-0.39, 0.29) is 6.10 Å². The number of ether oxygens (including phenoxy) is 1. The van der Waals surface area contributed by atoms with Crippen LogP contribution in [0.15, 0.2) is 42.5 Å². The fourth-order valence-electron chi connectivity index (χ4n) is 2.21. The second kappa shape index (κ2) is 7.79. The van der Waals surface area contributed by atoms with Gasteiger partial charge in [-0.2, -0.15) is 0 Å². The SMILES string of the molecule is CCNCc1cc(CC)nc(OC(C)c2ccccc2)c1. The van der Waals surface area contributed by atoms with Crippen LogP contribution in [-0.4, -0.2) is 11.5 Å². The number of rotatable bonds is 7. The maximum Gasteiger partial charge on any atom is 0.214 e. The summed E-state index contributed by atoms with van der Waals surface area (Å²) < 4.78 is 6.02. The zero-order chi connectivity index (χ0) is 15.1. The molecule has 2 aromatic rings. The number of pyridine rings is 1. The normalized spacial score (nSPS) is 12.1. The van der Waals surface area contributed by atoms with Gasteiger partial charge in [0.2, 0.25) is 5.88 Å².